The number of benzene rings is 2. The summed E-state index contributed by atoms with van der Waals surface area (Å²) in [5.41, 5.74) is 0.481. The highest BCUT2D eigenvalue weighted by Gasteiger charge is 2.61. The average Bonchev–Trinajstić information content (AvgIpc) is 2.98. The molecule has 9 heteroatoms. The van der Waals surface area contributed by atoms with Crippen LogP contribution >= 0.6 is 0 Å². The van der Waals surface area contributed by atoms with Gasteiger partial charge < -0.3 is 14.6 Å². The van der Waals surface area contributed by atoms with E-state index in [1.54, 1.807) is 23.1 Å². The molecule has 0 aliphatic carbocycles. The Morgan fingerprint density at radius 1 is 1.13 bits per heavy atom. The Labute approximate surface area is 173 Å². The van der Waals surface area contributed by atoms with Crippen molar-refractivity contribution in [1.82, 2.24) is 4.90 Å². The number of rotatable bonds is 6. The molecule has 30 heavy (non-hydrogen) atoms. The highest BCUT2D eigenvalue weighted by atomic mass is 16.7. The summed E-state index contributed by atoms with van der Waals surface area (Å²) >= 11 is 0. The molecule has 0 unspecified atom stereocenters. The summed E-state index contributed by atoms with van der Waals surface area (Å²) in [7, 11) is 1.90. The molecule has 1 saturated heterocycles. The summed E-state index contributed by atoms with van der Waals surface area (Å²) in [6.07, 6.45) is 0. The third-order valence-electron chi connectivity index (χ3n) is 5.52. The molecule has 2 aliphatic rings. The molecule has 158 valence electrons. The van der Waals surface area contributed by atoms with Crippen LogP contribution in [0.15, 0.2) is 54.6 Å². The van der Waals surface area contributed by atoms with Gasteiger partial charge in [0.05, 0.1) is 12.4 Å². The lowest BCUT2D eigenvalue weighted by Gasteiger charge is -2.38. The van der Waals surface area contributed by atoms with Crippen LogP contribution in [0.1, 0.15) is 11.1 Å². The third-order valence-corrected chi connectivity index (χ3v) is 5.52. The van der Waals surface area contributed by atoms with Crippen molar-refractivity contribution in [2.24, 2.45) is 0 Å². The van der Waals surface area contributed by atoms with E-state index in [0.717, 1.165) is 5.56 Å². The molecule has 9 nitrogen and oxygen atoms in total. The molecule has 1 spiro atoms. The number of nitrogens with zero attached hydrogens (tertiary/aromatic N) is 3. The quantitative estimate of drug-likeness (QED) is 0.563. The second-order valence-electron chi connectivity index (χ2n) is 7.73. The van der Waals surface area contributed by atoms with Gasteiger partial charge in [0.15, 0.2) is 0 Å². The van der Waals surface area contributed by atoms with Crippen LogP contribution in [0, 0.1) is 10.1 Å². The number of amides is 1. The number of ether oxygens (including phenoxy) is 2. The van der Waals surface area contributed by atoms with Crippen LogP contribution in [0.2, 0.25) is 0 Å². The van der Waals surface area contributed by atoms with Crippen LogP contribution in [-0.2, 0) is 26.6 Å². The van der Waals surface area contributed by atoms with E-state index in [9.17, 15) is 20.0 Å². The lowest BCUT2D eigenvalue weighted by molar-refractivity contribution is -0.598. The van der Waals surface area contributed by atoms with Crippen molar-refractivity contribution in [3.8, 4) is 0 Å². The zero-order valence-electron chi connectivity index (χ0n) is 16.6. The number of para-hydroxylation sites is 1. The number of aliphatic hydroxyl groups is 1. The number of anilines is 1. The standard InChI is InChI=1S/C21H23N3O6/c1-22(11-16-7-3-2-4-8-16)15-23-18-10-6-5-9-17(18)21(19(23)26)29-13-20(12-25,14-30-21)24(27)28/h2-10,25H,11-15H2,1H3. The molecule has 0 bridgehead atoms. The maximum Gasteiger partial charge on any atom is 0.293 e. The molecule has 0 radical (unpaired) electrons. The Morgan fingerprint density at radius 2 is 1.77 bits per heavy atom. The van der Waals surface area contributed by atoms with Crippen molar-refractivity contribution in [1.29, 1.82) is 0 Å². The van der Waals surface area contributed by atoms with E-state index in [-0.39, 0.29) is 0 Å². The lowest BCUT2D eigenvalue weighted by atomic mass is 10.00. The predicted octanol–water partition coefficient (Wildman–Crippen LogP) is 1.33. The summed E-state index contributed by atoms with van der Waals surface area (Å²) in [5.74, 6) is -2.17. The van der Waals surface area contributed by atoms with Crippen molar-refractivity contribution >= 4 is 11.6 Å². The molecule has 2 heterocycles. The van der Waals surface area contributed by atoms with E-state index in [4.69, 9.17) is 9.47 Å². The summed E-state index contributed by atoms with van der Waals surface area (Å²) in [4.78, 5) is 27.8. The maximum atomic E-state index is 13.4. The first-order valence-electron chi connectivity index (χ1n) is 9.59. The van der Waals surface area contributed by atoms with Gasteiger partial charge in [-0.2, -0.15) is 0 Å². The van der Waals surface area contributed by atoms with Gasteiger partial charge in [0.2, 0.25) is 0 Å². The first-order valence-corrected chi connectivity index (χ1v) is 9.59. The third kappa shape index (κ3) is 3.25. The number of carbonyl (C=O) groups is 1. The van der Waals surface area contributed by atoms with E-state index in [1.807, 2.05) is 48.3 Å². The van der Waals surface area contributed by atoms with Gasteiger partial charge in [-0.25, -0.2) is 0 Å². The number of hydrogen-bond acceptors (Lipinski definition) is 7. The fourth-order valence-corrected chi connectivity index (χ4v) is 3.81. The monoisotopic (exact) mass is 413 g/mol. The van der Waals surface area contributed by atoms with Crippen molar-refractivity contribution in [3.63, 3.8) is 0 Å². The predicted molar refractivity (Wildman–Crippen MR) is 107 cm³/mol. The zero-order valence-corrected chi connectivity index (χ0v) is 16.6. The minimum Gasteiger partial charge on any atom is -0.389 e. The summed E-state index contributed by atoms with van der Waals surface area (Å²) < 4.78 is 11.5. The molecular formula is C21H23N3O6. The van der Waals surface area contributed by atoms with E-state index < -0.39 is 42.0 Å². The van der Waals surface area contributed by atoms with Crippen LogP contribution in [0.25, 0.3) is 0 Å². The Morgan fingerprint density at radius 3 is 2.40 bits per heavy atom. The van der Waals surface area contributed by atoms with Gasteiger partial charge in [-0.15, -0.1) is 0 Å². The smallest absolute Gasteiger partial charge is 0.293 e. The molecule has 1 fully saturated rings. The normalized spacial score (nSPS) is 25.7. The molecule has 4 rings (SSSR count). The van der Waals surface area contributed by atoms with Gasteiger partial charge in [0.1, 0.15) is 19.8 Å². The molecule has 1 amide bonds. The van der Waals surface area contributed by atoms with E-state index in [2.05, 4.69) is 0 Å². The Hall–Kier alpha value is -2.85. The molecule has 1 N–H and O–H groups in total. The van der Waals surface area contributed by atoms with Gasteiger partial charge >= 0.3 is 0 Å². The highest BCUT2D eigenvalue weighted by Crippen LogP contribution is 2.46. The van der Waals surface area contributed by atoms with Crippen LogP contribution < -0.4 is 4.90 Å². The van der Waals surface area contributed by atoms with Gasteiger partial charge in [0.25, 0.3) is 17.2 Å². The Kier molecular flexibility index (Phi) is 5.29. The molecule has 0 saturated carbocycles. The van der Waals surface area contributed by atoms with Crippen molar-refractivity contribution in [2.75, 3.05) is 38.4 Å². The van der Waals surface area contributed by atoms with Gasteiger partial charge in [-0.3, -0.25) is 24.7 Å². The Balaban J connectivity index is 1.58. The average molecular weight is 413 g/mol. The molecular weight excluding hydrogens is 390 g/mol. The van der Waals surface area contributed by atoms with Crippen LogP contribution in [0.4, 0.5) is 5.69 Å². The van der Waals surface area contributed by atoms with Crippen molar-refractivity contribution < 1.29 is 24.3 Å². The van der Waals surface area contributed by atoms with E-state index in [1.165, 1.54) is 0 Å². The second-order valence-corrected chi connectivity index (χ2v) is 7.73. The number of aliphatic hydroxyl groups excluding tert-OH is 1. The van der Waals surface area contributed by atoms with Crippen LogP contribution in [-0.4, -0.2) is 59.9 Å². The van der Waals surface area contributed by atoms with Crippen molar-refractivity contribution in [3.05, 3.63) is 75.8 Å². The molecule has 2 aliphatic heterocycles. The maximum absolute atomic E-state index is 13.4. The topological polar surface area (TPSA) is 105 Å². The Bertz CT molecular complexity index is 943. The first kappa shape index (κ1) is 20.4. The first-order chi connectivity index (χ1) is 14.4. The van der Waals surface area contributed by atoms with Gasteiger partial charge in [0, 0.05) is 17.0 Å². The number of nitro groups is 1. The number of hydrogen-bond donors (Lipinski definition) is 1. The molecule has 0 aromatic heterocycles. The molecule has 0 atom stereocenters. The second kappa shape index (κ2) is 7.77. The molecule has 2 aromatic rings. The summed E-state index contributed by atoms with van der Waals surface area (Å²) in [6, 6.07) is 17.0. The van der Waals surface area contributed by atoms with Gasteiger partial charge in [-0.1, -0.05) is 48.5 Å². The SMILES string of the molecule is CN(Cc1ccccc1)CN1C(=O)C2(OCC(CO)([N+](=O)[O-])CO2)c2ccccc21. The number of carbonyl (C=O) groups excluding carboxylic acids is 1. The highest BCUT2D eigenvalue weighted by molar-refractivity contribution is 6.06. The zero-order chi connectivity index (χ0) is 21.4. The minimum atomic E-state index is -1.78. The largest absolute Gasteiger partial charge is 0.389 e. The fourth-order valence-electron chi connectivity index (χ4n) is 3.81. The van der Waals surface area contributed by atoms with Crippen LogP contribution in [0.3, 0.4) is 0 Å². The van der Waals surface area contributed by atoms with E-state index in [0.29, 0.717) is 24.5 Å². The van der Waals surface area contributed by atoms with Gasteiger partial charge in [-0.05, 0) is 18.7 Å². The van der Waals surface area contributed by atoms with Crippen LogP contribution in [0.5, 0.6) is 0 Å². The number of fused-ring (bicyclic) bond motifs is 2. The van der Waals surface area contributed by atoms with Crippen molar-refractivity contribution in [2.45, 2.75) is 17.9 Å². The summed E-state index contributed by atoms with van der Waals surface area (Å²) in [6.45, 7) is -0.667. The molecule has 2 aromatic carbocycles. The minimum absolute atomic E-state index is 0.291. The fraction of sp³-hybridized carbons (Fsp3) is 0.381. The van der Waals surface area contributed by atoms with E-state index >= 15 is 0 Å². The lowest BCUT2D eigenvalue weighted by Crippen LogP contribution is -2.61. The summed E-state index contributed by atoms with van der Waals surface area (Å²) in [5, 5.41) is 20.9.